The molecule has 158 valence electrons. The Balaban J connectivity index is 1.59. The molecule has 31 heavy (non-hydrogen) atoms. The van der Waals surface area contributed by atoms with Crippen LogP contribution < -0.4 is 5.63 Å². The van der Waals surface area contributed by atoms with Gasteiger partial charge in [0.25, 0.3) is 0 Å². The summed E-state index contributed by atoms with van der Waals surface area (Å²) in [5.74, 6) is -0.719. The van der Waals surface area contributed by atoms with Crippen molar-refractivity contribution in [2.75, 3.05) is 0 Å². The average molecular weight is 416 g/mol. The van der Waals surface area contributed by atoms with E-state index in [1.54, 1.807) is 12.1 Å². The standard InChI is InChI=1S/C25H24N2O4/c1-14-7-22-20(11-24(28)31-23(22)8-15(14)2)13-30-25(29)19(12-26)10-18-9-16(3)27(17(18)4)21-5-6-21/h7-11,21H,5-6,13H2,1-4H3/b19-10+. The van der Waals surface area contributed by atoms with Gasteiger partial charge in [-0.1, -0.05) is 0 Å². The highest BCUT2D eigenvalue weighted by atomic mass is 16.5. The molecule has 1 aliphatic carbocycles. The van der Waals surface area contributed by atoms with Crippen LogP contribution in [0.3, 0.4) is 0 Å². The van der Waals surface area contributed by atoms with Crippen molar-refractivity contribution >= 4 is 23.0 Å². The van der Waals surface area contributed by atoms with Gasteiger partial charge in [0.1, 0.15) is 23.8 Å². The van der Waals surface area contributed by atoms with Gasteiger partial charge in [-0.05, 0) is 81.5 Å². The number of aromatic nitrogens is 1. The lowest BCUT2D eigenvalue weighted by molar-refractivity contribution is -0.139. The molecule has 0 radical (unpaired) electrons. The zero-order chi connectivity index (χ0) is 22.3. The molecule has 2 aromatic heterocycles. The van der Waals surface area contributed by atoms with E-state index in [4.69, 9.17) is 9.15 Å². The van der Waals surface area contributed by atoms with Crippen molar-refractivity contribution in [3.05, 3.63) is 73.9 Å². The number of aryl methyl sites for hydroxylation is 3. The largest absolute Gasteiger partial charge is 0.457 e. The number of fused-ring (bicyclic) bond motifs is 1. The zero-order valence-corrected chi connectivity index (χ0v) is 18.1. The molecule has 0 amide bonds. The molecule has 1 aromatic carbocycles. The third-order valence-electron chi connectivity index (χ3n) is 5.88. The Bertz CT molecular complexity index is 1330. The van der Waals surface area contributed by atoms with Crippen molar-refractivity contribution in [3.63, 3.8) is 0 Å². The van der Waals surface area contributed by atoms with Gasteiger partial charge < -0.3 is 13.7 Å². The third kappa shape index (κ3) is 4.04. The molecule has 0 unspecified atom stereocenters. The molecule has 1 fully saturated rings. The van der Waals surface area contributed by atoms with E-state index in [2.05, 4.69) is 4.57 Å². The first kappa shape index (κ1) is 20.7. The van der Waals surface area contributed by atoms with Gasteiger partial charge in [0, 0.05) is 34.4 Å². The highest BCUT2D eigenvalue weighted by Crippen LogP contribution is 2.38. The fourth-order valence-electron chi connectivity index (χ4n) is 3.96. The maximum absolute atomic E-state index is 12.6. The van der Waals surface area contributed by atoms with Gasteiger partial charge in [0.05, 0.1) is 0 Å². The first-order chi connectivity index (χ1) is 14.8. The van der Waals surface area contributed by atoms with Gasteiger partial charge >= 0.3 is 11.6 Å². The normalized spacial score (nSPS) is 14.0. The molecule has 3 aromatic rings. The van der Waals surface area contributed by atoms with E-state index in [9.17, 15) is 14.9 Å². The molecule has 0 spiro atoms. The Hall–Kier alpha value is -3.59. The molecule has 0 atom stereocenters. The second kappa shape index (κ2) is 7.92. The van der Waals surface area contributed by atoms with Gasteiger partial charge in [-0.25, -0.2) is 9.59 Å². The maximum atomic E-state index is 12.6. The van der Waals surface area contributed by atoms with Crippen molar-refractivity contribution in [1.82, 2.24) is 4.57 Å². The van der Waals surface area contributed by atoms with Crippen molar-refractivity contribution in [2.24, 2.45) is 0 Å². The van der Waals surface area contributed by atoms with Crippen molar-refractivity contribution in [1.29, 1.82) is 5.26 Å². The first-order valence-electron chi connectivity index (χ1n) is 10.3. The lowest BCUT2D eigenvalue weighted by atomic mass is 10.0. The number of ether oxygens (including phenoxy) is 1. The molecule has 1 aliphatic rings. The Kier molecular flexibility index (Phi) is 5.28. The van der Waals surface area contributed by atoms with Crippen molar-refractivity contribution in [3.8, 4) is 6.07 Å². The summed E-state index contributed by atoms with van der Waals surface area (Å²) in [6.07, 6.45) is 3.89. The van der Waals surface area contributed by atoms with Gasteiger partial charge in [0.15, 0.2) is 0 Å². The number of benzene rings is 1. The van der Waals surface area contributed by atoms with Crippen molar-refractivity contribution < 1.29 is 13.9 Å². The van der Waals surface area contributed by atoms with E-state index in [0.717, 1.165) is 40.9 Å². The molecule has 1 saturated carbocycles. The fraction of sp³-hybridized carbons (Fsp3) is 0.320. The zero-order valence-electron chi connectivity index (χ0n) is 18.1. The number of hydrogen-bond acceptors (Lipinski definition) is 5. The monoisotopic (exact) mass is 416 g/mol. The molecule has 0 saturated heterocycles. The predicted molar refractivity (Wildman–Crippen MR) is 118 cm³/mol. The van der Waals surface area contributed by atoms with E-state index < -0.39 is 11.6 Å². The molecular weight excluding hydrogens is 392 g/mol. The second-order valence-corrected chi connectivity index (χ2v) is 8.20. The maximum Gasteiger partial charge on any atom is 0.349 e. The Morgan fingerprint density at radius 3 is 2.58 bits per heavy atom. The van der Waals surface area contributed by atoms with Crippen LogP contribution in [0.5, 0.6) is 0 Å². The summed E-state index contributed by atoms with van der Waals surface area (Å²) in [6.45, 7) is 7.81. The molecular formula is C25H24N2O4. The second-order valence-electron chi connectivity index (χ2n) is 8.20. The van der Waals surface area contributed by atoms with Gasteiger partial charge in [-0.3, -0.25) is 0 Å². The minimum Gasteiger partial charge on any atom is -0.457 e. The molecule has 0 aliphatic heterocycles. The molecule has 0 bridgehead atoms. The van der Waals surface area contributed by atoms with Gasteiger partial charge in [0.2, 0.25) is 0 Å². The number of nitriles is 1. The number of nitrogens with zero attached hydrogens (tertiary/aromatic N) is 2. The minimum atomic E-state index is -0.719. The van der Waals surface area contributed by atoms with E-state index in [1.807, 2.05) is 45.9 Å². The van der Waals surface area contributed by atoms with Gasteiger partial charge in [-0.2, -0.15) is 5.26 Å². The number of carbonyl (C=O) groups is 1. The summed E-state index contributed by atoms with van der Waals surface area (Å²) in [4.78, 5) is 24.6. The lowest BCUT2D eigenvalue weighted by Gasteiger charge is -2.09. The average Bonchev–Trinajstić information content (AvgIpc) is 3.51. The van der Waals surface area contributed by atoms with Gasteiger partial charge in [-0.15, -0.1) is 0 Å². The van der Waals surface area contributed by atoms with Crippen LogP contribution in [0.15, 0.2) is 39.1 Å². The summed E-state index contributed by atoms with van der Waals surface area (Å²) < 4.78 is 12.9. The third-order valence-corrected chi connectivity index (χ3v) is 5.88. The fourth-order valence-corrected chi connectivity index (χ4v) is 3.96. The summed E-state index contributed by atoms with van der Waals surface area (Å²) in [7, 11) is 0. The predicted octanol–water partition coefficient (Wildman–Crippen LogP) is 4.81. The topological polar surface area (TPSA) is 85.2 Å². The van der Waals surface area contributed by atoms with Crippen LogP contribution in [0.4, 0.5) is 0 Å². The van der Waals surface area contributed by atoms with Crippen molar-refractivity contribution in [2.45, 2.75) is 53.2 Å². The Morgan fingerprint density at radius 1 is 1.19 bits per heavy atom. The van der Waals surface area contributed by atoms with Crippen LogP contribution in [0.2, 0.25) is 0 Å². The molecule has 6 heteroatoms. The quantitative estimate of drug-likeness (QED) is 0.258. The lowest BCUT2D eigenvalue weighted by Crippen LogP contribution is -2.09. The molecule has 4 rings (SSSR count). The summed E-state index contributed by atoms with van der Waals surface area (Å²) in [5.41, 5.74) is 5.46. The summed E-state index contributed by atoms with van der Waals surface area (Å²) in [6, 6.07) is 9.48. The SMILES string of the molecule is Cc1cc2oc(=O)cc(COC(=O)/C(C#N)=C/c3cc(C)n(C4CC4)c3C)c2cc1C. The highest BCUT2D eigenvalue weighted by molar-refractivity contribution is 5.98. The molecule has 6 nitrogen and oxygen atoms in total. The van der Waals surface area contributed by atoms with Crippen LogP contribution in [0.1, 0.15) is 52.5 Å². The van der Waals surface area contributed by atoms with Crippen LogP contribution in [0, 0.1) is 39.0 Å². The summed E-state index contributed by atoms with van der Waals surface area (Å²) >= 11 is 0. The number of hydrogen-bond donors (Lipinski definition) is 0. The van der Waals surface area contributed by atoms with E-state index in [-0.39, 0.29) is 12.2 Å². The molecule has 2 heterocycles. The highest BCUT2D eigenvalue weighted by Gasteiger charge is 2.27. The smallest absolute Gasteiger partial charge is 0.349 e. The number of esters is 1. The first-order valence-corrected chi connectivity index (χ1v) is 10.3. The van der Waals surface area contributed by atoms with E-state index >= 15 is 0 Å². The Labute approximate surface area is 180 Å². The van der Waals surface area contributed by atoms with Crippen LogP contribution in [-0.2, 0) is 16.1 Å². The van der Waals surface area contributed by atoms with Crippen LogP contribution >= 0.6 is 0 Å². The minimum absolute atomic E-state index is 0.0738. The van der Waals surface area contributed by atoms with Crippen LogP contribution in [-0.4, -0.2) is 10.5 Å². The van der Waals surface area contributed by atoms with E-state index in [1.165, 1.54) is 6.07 Å². The Morgan fingerprint density at radius 2 is 1.90 bits per heavy atom. The van der Waals surface area contributed by atoms with E-state index in [0.29, 0.717) is 22.6 Å². The van der Waals surface area contributed by atoms with Crippen LogP contribution in [0.25, 0.3) is 17.0 Å². The molecule has 0 N–H and O–H groups in total. The number of rotatable bonds is 5. The number of carbonyl (C=O) groups excluding carboxylic acids is 1. The summed E-state index contributed by atoms with van der Waals surface area (Å²) in [5, 5.41) is 10.2.